The molecule has 0 fully saturated rings. The molecule has 78 valence electrons. The fraction of sp³-hybridized carbons (Fsp3) is 0.100. The zero-order valence-electron chi connectivity index (χ0n) is 7.72. The first kappa shape index (κ1) is 11.8. The second kappa shape index (κ2) is 5.59. The van der Waals surface area contributed by atoms with Crippen molar-refractivity contribution in [1.29, 1.82) is 0 Å². The van der Waals surface area contributed by atoms with Crippen molar-refractivity contribution in [2.45, 2.75) is 0 Å². The standard InChI is InChI=1S/C10H8INO3/c11-12(5-6-13)10(15)9-4-2-1-3-8(9)7-14/h1-4,6-7H,5H2. The second-order valence-electron chi connectivity index (χ2n) is 2.72. The van der Waals surface area contributed by atoms with Crippen molar-refractivity contribution in [3.8, 4) is 0 Å². The van der Waals surface area contributed by atoms with Gasteiger partial charge in [0.2, 0.25) is 0 Å². The molecule has 0 atom stereocenters. The first-order valence-electron chi connectivity index (χ1n) is 4.16. The van der Waals surface area contributed by atoms with Gasteiger partial charge >= 0.3 is 0 Å². The van der Waals surface area contributed by atoms with E-state index in [4.69, 9.17) is 0 Å². The van der Waals surface area contributed by atoms with E-state index in [0.29, 0.717) is 23.7 Å². The molecule has 0 saturated carbocycles. The number of aldehydes is 2. The van der Waals surface area contributed by atoms with E-state index in [-0.39, 0.29) is 12.5 Å². The van der Waals surface area contributed by atoms with E-state index in [1.807, 2.05) is 0 Å². The van der Waals surface area contributed by atoms with Crippen LogP contribution in [-0.4, -0.2) is 28.1 Å². The average molecular weight is 317 g/mol. The fourth-order valence-corrected chi connectivity index (χ4v) is 1.49. The summed E-state index contributed by atoms with van der Waals surface area (Å²) in [4.78, 5) is 32.6. The summed E-state index contributed by atoms with van der Waals surface area (Å²) < 4.78 is 1.23. The highest BCUT2D eigenvalue weighted by Gasteiger charge is 2.15. The number of hydrogen-bond acceptors (Lipinski definition) is 3. The fourth-order valence-electron chi connectivity index (χ4n) is 1.07. The molecule has 1 rings (SSSR count). The highest BCUT2D eigenvalue weighted by atomic mass is 127. The molecule has 0 spiro atoms. The van der Waals surface area contributed by atoms with E-state index in [1.165, 1.54) is 3.11 Å². The summed E-state index contributed by atoms with van der Waals surface area (Å²) in [6, 6.07) is 6.47. The van der Waals surface area contributed by atoms with Crippen LogP contribution in [0.4, 0.5) is 0 Å². The number of amides is 1. The third-order valence-corrected chi connectivity index (χ3v) is 2.61. The number of carbonyl (C=O) groups excluding carboxylic acids is 3. The molecule has 0 unspecified atom stereocenters. The summed E-state index contributed by atoms with van der Waals surface area (Å²) in [5.41, 5.74) is 0.638. The lowest BCUT2D eigenvalue weighted by Crippen LogP contribution is -2.23. The third kappa shape index (κ3) is 2.85. The smallest absolute Gasteiger partial charge is 0.263 e. The number of carbonyl (C=O) groups is 3. The van der Waals surface area contributed by atoms with Crippen molar-refractivity contribution in [2.75, 3.05) is 6.54 Å². The maximum absolute atomic E-state index is 11.7. The van der Waals surface area contributed by atoms with Gasteiger partial charge in [-0.25, -0.2) is 0 Å². The van der Waals surface area contributed by atoms with Gasteiger partial charge in [0, 0.05) is 5.56 Å². The summed E-state index contributed by atoms with van der Waals surface area (Å²) in [5, 5.41) is 0. The number of benzene rings is 1. The van der Waals surface area contributed by atoms with Gasteiger partial charge in [-0.15, -0.1) is 0 Å². The molecular formula is C10H8INO3. The normalized spacial score (nSPS) is 9.40. The minimum absolute atomic E-state index is 0.00653. The third-order valence-electron chi connectivity index (χ3n) is 1.77. The van der Waals surface area contributed by atoms with E-state index in [9.17, 15) is 14.4 Å². The molecule has 0 N–H and O–H groups in total. The quantitative estimate of drug-likeness (QED) is 0.480. The van der Waals surface area contributed by atoms with Crippen LogP contribution in [-0.2, 0) is 4.79 Å². The summed E-state index contributed by atoms with van der Waals surface area (Å²) in [5.74, 6) is -0.342. The van der Waals surface area contributed by atoms with E-state index in [1.54, 1.807) is 47.1 Å². The molecule has 1 aromatic carbocycles. The molecule has 1 amide bonds. The number of nitrogens with zero attached hydrogens (tertiary/aromatic N) is 1. The van der Waals surface area contributed by atoms with Crippen molar-refractivity contribution in [2.24, 2.45) is 0 Å². The monoisotopic (exact) mass is 317 g/mol. The zero-order chi connectivity index (χ0) is 11.3. The van der Waals surface area contributed by atoms with Crippen molar-refractivity contribution in [3.63, 3.8) is 0 Å². The highest BCUT2D eigenvalue weighted by molar-refractivity contribution is 14.1. The van der Waals surface area contributed by atoms with Crippen molar-refractivity contribution in [3.05, 3.63) is 35.4 Å². The van der Waals surface area contributed by atoms with E-state index in [0.717, 1.165) is 0 Å². The lowest BCUT2D eigenvalue weighted by molar-refractivity contribution is -0.107. The lowest BCUT2D eigenvalue weighted by Gasteiger charge is -2.11. The maximum atomic E-state index is 11.7. The Labute approximate surface area is 101 Å². The van der Waals surface area contributed by atoms with E-state index in [2.05, 4.69) is 0 Å². The van der Waals surface area contributed by atoms with Crippen LogP contribution in [0, 0.1) is 0 Å². The molecule has 0 aromatic heterocycles. The second-order valence-corrected chi connectivity index (χ2v) is 3.89. The van der Waals surface area contributed by atoms with Gasteiger partial charge in [0.1, 0.15) is 6.29 Å². The van der Waals surface area contributed by atoms with Crippen LogP contribution in [0.25, 0.3) is 0 Å². The van der Waals surface area contributed by atoms with Crippen molar-refractivity contribution >= 4 is 41.3 Å². The molecule has 0 bridgehead atoms. The largest absolute Gasteiger partial charge is 0.301 e. The van der Waals surface area contributed by atoms with Gasteiger partial charge in [-0.2, -0.15) is 0 Å². The molecule has 0 aliphatic rings. The molecular weight excluding hydrogens is 309 g/mol. The minimum atomic E-state index is -0.342. The van der Waals surface area contributed by atoms with Crippen LogP contribution in [0.5, 0.6) is 0 Å². The van der Waals surface area contributed by atoms with E-state index >= 15 is 0 Å². The van der Waals surface area contributed by atoms with Crippen LogP contribution in [0.3, 0.4) is 0 Å². The first-order chi connectivity index (χ1) is 7.20. The zero-order valence-corrected chi connectivity index (χ0v) is 9.88. The van der Waals surface area contributed by atoms with Gasteiger partial charge < -0.3 is 4.79 Å². The SMILES string of the molecule is O=CCN(I)C(=O)c1ccccc1C=O. The number of rotatable bonds is 4. The van der Waals surface area contributed by atoms with Gasteiger partial charge in [0.05, 0.1) is 35.0 Å². The van der Waals surface area contributed by atoms with Gasteiger partial charge in [-0.05, 0) is 6.07 Å². The minimum Gasteiger partial charge on any atom is -0.301 e. The summed E-state index contributed by atoms with van der Waals surface area (Å²) in [6.45, 7) is 0.00653. The van der Waals surface area contributed by atoms with Crippen molar-refractivity contribution in [1.82, 2.24) is 3.11 Å². The summed E-state index contributed by atoms with van der Waals surface area (Å²) in [7, 11) is 0. The lowest BCUT2D eigenvalue weighted by atomic mass is 10.1. The average Bonchev–Trinajstić information content (AvgIpc) is 2.28. The van der Waals surface area contributed by atoms with Crippen LogP contribution < -0.4 is 0 Å². The molecule has 5 heteroatoms. The highest BCUT2D eigenvalue weighted by Crippen LogP contribution is 2.12. The van der Waals surface area contributed by atoms with Crippen LogP contribution >= 0.6 is 22.9 Å². The van der Waals surface area contributed by atoms with E-state index < -0.39 is 0 Å². The Balaban J connectivity index is 2.99. The first-order valence-corrected chi connectivity index (χ1v) is 5.12. The molecule has 0 saturated heterocycles. The molecule has 0 heterocycles. The van der Waals surface area contributed by atoms with Gasteiger partial charge in [-0.1, -0.05) is 18.2 Å². The van der Waals surface area contributed by atoms with Gasteiger partial charge in [-0.3, -0.25) is 12.7 Å². The predicted octanol–water partition coefficient (Wildman–Crippen LogP) is 1.49. The molecule has 1 aromatic rings. The predicted molar refractivity (Wildman–Crippen MR) is 63.0 cm³/mol. The van der Waals surface area contributed by atoms with Crippen molar-refractivity contribution < 1.29 is 14.4 Å². The molecule has 0 radical (unpaired) electrons. The van der Waals surface area contributed by atoms with Gasteiger partial charge in [0.25, 0.3) is 5.91 Å². The Bertz CT molecular complexity index is 392. The summed E-state index contributed by atoms with van der Waals surface area (Å²) >= 11 is 1.74. The molecule has 0 aliphatic carbocycles. The van der Waals surface area contributed by atoms with Crippen LogP contribution in [0.2, 0.25) is 0 Å². The molecule has 15 heavy (non-hydrogen) atoms. The number of halogens is 1. The summed E-state index contributed by atoms with van der Waals surface area (Å²) in [6.07, 6.45) is 1.26. The Morgan fingerprint density at radius 3 is 2.60 bits per heavy atom. The Morgan fingerprint density at radius 2 is 2.00 bits per heavy atom. The Kier molecular flexibility index (Phi) is 4.41. The van der Waals surface area contributed by atoms with Gasteiger partial charge in [0.15, 0.2) is 6.29 Å². The molecule has 4 nitrogen and oxygen atoms in total. The Hall–Kier alpha value is -1.24. The number of hydrogen-bond donors (Lipinski definition) is 0. The topological polar surface area (TPSA) is 54.5 Å². The molecule has 0 aliphatic heterocycles. The maximum Gasteiger partial charge on any atom is 0.263 e. The van der Waals surface area contributed by atoms with Crippen LogP contribution in [0.1, 0.15) is 20.7 Å². The Morgan fingerprint density at radius 1 is 1.33 bits per heavy atom. The van der Waals surface area contributed by atoms with Crippen LogP contribution in [0.15, 0.2) is 24.3 Å².